The molecule has 1 unspecified atom stereocenters. The molecule has 1 saturated carbocycles. The minimum Gasteiger partial charge on any atom is -0.380 e. The maximum absolute atomic E-state index is 12.5. The third-order valence-corrected chi connectivity index (χ3v) is 4.80. The van der Waals surface area contributed by atoms with E-state index >= 15 is 0 Å². The predicted octanol–water partition coefficient (Wildman–Crippen LogP) is 1.95. The SMILES string of the molecule is O=C(N1CCOC(c2ccsc2)C1)C1(O)CCCC1. The number of amides is 1. The van der Waals surface area contributed by atoms with Gasteiger partial charge in [-0.25, -0.2) is 0 Å². The average molecular weight is 281 g/mol. The van der Waals surface area contributed by atoms with E-state index in [4.69, 9.17) is 4.74 Å². The van der Waals surface area contributed by atoms with Crippen LogP contribution in [-0.4, -0.2) is 41.2 Å². The van der Waals surface area contributed by atoms with E-state index in [1.165, 1.54) is 0 Å². The van der Waals surface area contributed by atoms with Crippen LogP contribution in [0.4, 0.5) is 0 Å². The molecule has 1 aromatic rings. The fraction of sp³-hybridized carbons (Fsp3) is 0.643. The second-order valence-corrected chi connectivity index (χ2v) is 6.19. The van der Waals surface area contributed by atoms with Gasteiger partial charge in [0, 0.05) is 6.54 Å². The standard InChI is InChI=1S/C14H19NO3S/c16-13(14(17)4-1-2-5-14)15-6-7-18-12(9-15)11-3-8-19-10-11/h3,8,10,12,17H,1-2,4-7,9H2. The Morgan fingerprint density at radius 3 is 2.95 bits per heavy atom. The maximum atomic E-state index is 12.5. The van der Waals surface area contributed by atoms with Crippen molar-refractivity contribution in [3.05, 3.63) is 22.4 Å². The first-order chi connectivity index (χ1) is 9.19. The molecule has 1 saturated heterocycles. The molecule has 2 aliphatic rings. The van der Waals surface area contributed by atoms with Gasteiger partial charge in [0.25, 0.3) is 5.91 Å². The van der Waals surface area contributed by atoms with Crippen molar-refractivity contribution in [2.75, 3.05) is 19.7 Å². The summed E-state index contributed by atoms with van der Waals surface area (Å²) < 4.78 is 5.73. The molecule has 3 rings (SSSR count). The molecule has 19 heavy (non-hydrogen) atoms. The number of aliphatic hydroxyl groups is 1. The highest BCUT2D eigenvalue weighted by molar-refractivity contribution is 7.07. The zero-order valence-electron chi connectivity index (χ0n) is 10.9. The minimum atomic E-state index is -1.11. The molecular formula is C14H19NO3S. The lowest BCUT2D eigenvalue weighted by Crippen LogP contribution is -2.51. The van der Waals surface area contributed by atoms with Crippen LogP contribution in [-0.2, 0) is 9.53 Å². The van der Waals surface area contributed by atoms with Gasteiger partial charge in [0.15, 0.2) is 0 Å². The van der Waals surface area contributed by atoms with E-state index in [1.807, 2.05) is 11.4 Å². The Morgan fingerprint density at radius 1 is 1.47 bits per heavy atom. The zero-order chi connectivity index (χ0) is 13.3. The fourth-order valence-electron chi connectivity index (χ4n) is 2.96. The number of rotatable bonds is 2. The van der Waals surface area contributed by atoms with Gasteiger partial charge >= 0.3 is 0 Å². The number of nitrogens with zero attached hydrogens (tertiary/aromatic N) is 1. The van der Waals surface area contributed by atoms with Gasteiger partial charge < -0.3 is 14.7 Å². The van der Waals surface area contributed by atoms with Crippen LogP contribution in [0.2, 0.25) is 0 Å². The zero-order valence-corrected chi connectivity index (χ0v) is 11.7. The van der Waals surface area contributed by atoms with Crippen LogP contribution >= 0.6 is 11.3 Å². The molecule has 5 heteroatoms. The molecule has 1 aromatic heterocycles. The molecule has 104 valence electrons. The molecule has 2 heterocycles. The van der Waals surface area contributed by atoms with Gasteiger partial charge in [0.2, 0.25) is 0 Å². The second kappa shape index (κ2) is 5.23. The smallest absolute Gasteiger partial charge is 0.254 e. The average Bonchev–Trinajstić information content (AvgIpc) is 3.10. The molecule has 1 N–H and O–H groups in total. The first-order valence-corrected chi connectivity index (χ1v) is 7.79. The first kappa shape index (κ1) is 13.1. The van der Waals surface area contributed by atoms with E-state index < -0.39 is 5.60 Å². The highest BCUT2D eigenvalue weighted by Crippen LogP contribution is 2.33. The summed E-state index contributed by atoms with van der Waals surface area (Å²) in [6.45, 7) is 1.68. The van der Waals surface area contributed by atoms with Crippen molar-refractivity contribution in [2.45, 2.75) is 37.4 Å². The molecule has 1 atom stereocenters. The lowest BCUT2D eigenvalue weighted by atomic mass is 9.99. The number of hydrogen-bond donors (Lipinski definition) is 1. The minimum absolute atomic E-state index is 0.0473. The topological polar surface area (TPSA) is 49.8 Å². The monoisotopic (exact) mass is 281 g/mol. The van der Waals surface area contributed by atoms with Crippen LogP contribution in [0.5, 0.6) is 0 Å². The number of hydrogen-bond acceptors (Lipinski definition) is 4. The Labute approximate surface area is 117 Å². The quantitative estimate of drug-likeness (QED) is 0.901. The Balaban J connectivity index is 1.69. The van der Waals surface area contributed by atoms with Gasteiger partial charge in [-0.05, 0) is 48.1 Å². The van der Waals surface area contributed by atoms with E-state index in [0.717, 1.165) is 18.4 Å². The van der Waals surface area contributed by atoms with Crippen LogP contribution in [0.3, 0.4) is 0 Å². The number of carbonyl (C=O) groups excluding carboxylic acids is 1. The third-order valence-electron chi connectivity index (χ3n) is 4.10. The maximum Gasteiger partial charge on any atom is 0.254 e. The van der Waals surface area contributed by atoms with Gasteiger partial charge in [0.1, 0.15) is 11.7 Å². The number of thiophene rings is 1. The van der Waals surface area contributed by atoms with E-state index in [9.17, 15) is 9.90 Å². The number of ether oxygens (including phenoxy) is 1. The van der Waals surface area contributed by atoms with Crippen LogP contribution in [0.15, 0.2) is 16.8 Å². The summed E-state index contributed by atoms with van der Waals surface area (Å²) in [5.74, 6) is -0.103. The molecule has 0 aromatic carbocycles. The predicted molar refractivity (Wildman–Crippen MR) is 73.0 cm³/mol. The molecule has 2 fully saturated rings. The van der Waals surface area contributed by atoms with Gasteiger partial charge in [-0.15, -0.1) is 0 Å². The highest BCUT2D eigenvalue weighted by atomic mass is 32.1. The molecule has 1 aliphatic heterocycles. The van der Waals surface area contributed by atoms with Gasteiger partial charge in [-0.3, -0.25) is 4.79 Å². The summed E-state index contributed by atoms with van der Waals surface area (Å²) >= 11 is 1.63. The normalized spacial score (nSPS) is 26.6. The molecule has 0 radical (unpaired) electrons. The van der Waals surface area contributed by atoms with E-state index in [0.29, 0.717) is 32.5 Å². The third kappa shape index (κ3) is 2.55. The molecule has 0 spiro atoms. The van der Waals surface area contributed by atoms with Crippen molar-refractivity contribution in [1.82, 2.24) is 4.90 Å². The summed E-state index contributed by atoms with van der Waals surface area (Å²) in [4.78, 5) is 14.2. The van der Waals surface area contributed by atoms with Crippen LogP contribution in [0, 0.1) is 0 Å². The highest BCUT2D eigenvalue weighted by Gasteiger charge is 2.42. The molecular weight excluding hydrogens is 262 g/mol. The Morgan fingerprint density at radius 2 is 2.26 bits per heavy atom. The Kier molecular flexibility index (Phi) is 3.60. The van der Waals surface area contributed by atoms with E-state index in [2.05, 4.69) is 5.38 Å². The summed E-state index contributed by atoms with van der Waals surface area (Å²) in [6.07, 6.45) is 3.05. The molecule has 1 aliphatic carbocycles. The Bertz CT molecular complexity index is 440. The van der Waals surface area contributed by atoms with Crippen molar-refractivity contribution in [1.29, 1.82) is 0 Å². The van der Waals surface area contributed by atoms with Crippen LogP contribution in [0.1, 0.15) is 37.4 Å². The van der Waals surface area contributed by atoms with Gasteiger partial charge in [-0.2, -0.15) is 11.3 Å². The van der Waals surface area contributed by atoms with Gasteiger partial charge in [-0.1, -0.05) is 0 Å². The van der Waals surface area contributed by atoms with Crippen molar-refractivity contribution in [3.8, 4) is 0 Å². The number of carbonyl (C=O) groups is 1. The lowest BCUT2D eigenvalue weighted by Gasteiger charge is -2.36. The van der Waals surface area contributed by atoms with Crippen molar-refractivity contribution in [3.63, 3.8) is 0 Å². The summed E-state index contributed by atoms with van der Waals surface area (Å²) in [7, 11) is 0. The van der Waals surface area contributed by atoms with Crippen molar-refractivity contribution in [2.24, 2.45) is 0 Å². The summed E-state index contributed by atoms with van der Waals surface area (Å²) in [6, 6.07) is 2.04. The summed E-state index contributed by atoms with van der Waals surface area (Å²) in [5, 5.41) is 14.5. The number of morpholine rings is 1. The van der Waals surface area contributed by atoms with E-state index in [-0.39, 0.29) is 12.0 Å². The Hall–Kier alpha value is -0.910. The van der Waals surface area contributed by atoms with Gasteiger partial charge in [0.05, 0.1) is 13.2 Å². The first-order valence-electron chi connectivity index (χ1n) is 6.84. The second-order valence-electron chi connectivity index (χ2n) is 5.41. The van der Waals surface area contributed by atoms with Crippen molar-refractivity contribution < 1.29 is 14.6 Å². The largest absolute Gasteiger partial charge is 0.380 e. The fourth-order valence-corrected chi connectivity index (χ4v) is 3.66. The van der Waals surface area contributed by atoms with Crippen LogP contribution in [0.25, 0.3) is 0 Å². The lowest BCUT2D eigenvalue weighted by molar-refractivity contribution is -0.158. The van der Waals surface area contributed by atoms with Crippen LogP contribution < -0.4 is 0 Å². The summed E-state index contributed by atoms with van der Waals surface area (Å²) in [5.41, 5.74) is 0.0113. The van der Waals surface area contributed by atoms with Crippen molar-refractivity contribution >= 4 is 17.2 Å². The molecule has 0 bridgehead atoms. The molecule has 1 amide bonds. The molecule has 4 nitrogen and oxygen atoms in total. The van der Waals surface area contributed by atoms with E-state index in [1.54, 1.807) is 16.2 Å².